The van der Waals surface area contributed by atoms with Crippen molar-refractivity contribution in [2.75, 3.05) is 13.2 Å². The van der Waals surface area contributed by atoms with E-state index in [4.69, 9.17) is 10.5 Å². The number of ether oxygens (including phenoxy) is 1. The van der Waals surface area contributed by atoms with Gasteiger partial charge in [-0.1, -0.05) is 48.5 Å². The second-order valence-electron chi connectivity index (χ2n) is 5.92. The highest BCUT2D eigenvalue weighted by Crippen LogP contribution is 2.55. The molecule has 0 amide bonds. The first-order chi connectivity index (χ1) is 11.0. The molecule has 1 aliphatic rings. The fourth-order valence-corrected chi connectivity index (χ4v) is 5.56. The molecule has 2 aromatic carbocycles. The number of hydrogen-bond acceptors (Lipinski definition) is 4. The molecule has 1 fully saturated rings. The summed E-state index contributed by atoms with van der Waals surface area (Å²) < 4.78 is 31.5. The standard InChI is InChI=1S/C18H21NO3S/c1-2-22-13-18(19)16(14-9-5-3-6-10-14)17(18)23(20,21)15-11-7-4-8-12-15/h3-12,16-17H,2,13,19H2,1H3/t16-,17-,18+/m0/s1. The lowest BCUT2D eigenvalue weighted by Crippen LogP contribution is -2.36. The number of nitrogens with two attached hydrogens (primary N) is 1. The molecule has 0 aromatic heterocycles. The van der Waals surface area contributed by atoms with Crippen LogP contribution in [0, 0.1) is 0 Å². The molecule has 0 unspecified atom stereocenters. The molecule has 3 atom stereocenters. The highest BCUT2D eigenvalue weighted by molar-refractivity contribution is 7.92. The first-order valence-corrected chi connectivity index (χ1v) is 9.27. The monoisotopic (exact) mass is 331 g/mol. The molecular weight excluding hydrogens is 310 g/mol. The van der Waals surface area contributed by atoms with Crippen LogP contribution in [0.1, 0.15) is 18.4 Å². The number of rotatable bonds is 6. The van der Waals surface area contributed by atoms with Crippen molar-refractivity contribution in [1.29, 1.82) is 0 Å². The van der Waals surface area contributed by atoms with Gasteiger partial charge in [0, 0.05) is 12.5 Å². The van der Waals surface area contributed by atoms with Crippen LogP contribution in [0.3, 0.4) is 0 Å². The van der Waals surface area contributed by atoms with Gasteiger partial charge in [-0.3, -0.25) is 0 Å². The summed E-state index contributed by atoms with van der Waals surface area (Å²) in [6.07, 6.45) is 0. The lowest BCUT2D eigenvalue weighted by Gasteiger charge is -2.12. The van der Waals surface area contributed by atoms with Crippen LogP contribution in [-0.2, 0) is 14.6 Å². The van der Waals surface area contributed by atoms with E-state index in [0.717, 1.165) is 5.56 Å². The Morgan fingerprint density at radius 3 is 2.17 bits per heavy atom. The van der Waals surface area contributed by atoms with E-state index in [2.05, 4.69) is 0 Å². The van der Waals surface area contributed by atoms with Gasteiger partial charge in [0.15, 0.2) is 9.84 Å². The first kappa shape index (κ1) is 16.2. The summed E-state index contributed by atoms with van der Waals surface area (Å²) in [6, 6.07) is 18.1. The summed E-state index contributed by atoms with van der Waals surface area (Å²) >= 11 is 0. The summed E-state index contributed by atoms with van der Waals surface area (Å²) in [4.78, 5) is 0.315. The Morgan fingerprint density at radius 1 is 1.04 bits per heavy atom. The van der Waals surface area contributed by atoms with Crippen molar-refractivity contribution in [3.05, 3.63) is 66.2 Å². The Bertz CT molecular complexity index is 761. The minimum atomic E-state index is -3.51. The Balaban J connectivity index is 1.99. The maximum atomic E-state index is 13.0. The number of sulfone groups is 1. The van der Waals surface area contributed by atoms with Crippen LogP contribution in [0.2, 0.25) is 0 Å². The molecule has 1 saturated carbocycles. The van der Waals surface area contributed by atoms with Gasteiger partial charge in [0.1, 0.15) is 0 Å². The average Bonchev–Trinajstić information content (AvgIpc) is 3.22. The van der Waals surface area contributed by atoms with E-state index in [0.29, 0.717) is 11.5 Å². The van der Waals surface area contributed by atoms with Gasteiger partial charge in [-0.2, -0.15) is 0 Å². The van der Waals surface area contributed by atoms with Crippen molar-refractivity contribution in [2.24, 2.45) is 5.73 Å². The second kappa shape index (κ2) is 6.07. The Morgan fingerprint density at radius 2 is 1.61 bits per heavy atom. The molecule has 4 nitrogen and oxygen atoms in total. The minimum Gasteiger partial charge on any atom is -0.380 e. The molecular formula is C18H21NO3S. The lowest BCUT2D eigenvalue weighted by molar-refractivity contribution is 0.125. The minimum absolute atomic E-state index is 0.236. The van der Waals surface area contributed by atoms with Crippen molar-refractivity contribution < 1.29 is 13.2 Å². The molecule has 0 heterocycles. The van der Waals surface area contributed by atoms with Gasteiger partial charge in [-0.05, 0) is 24.6 Å². The van der Waals surface area contributed by atoms with E-state index in [9.17, 15) is 8.42 Å². The molecule has 2 aromatic rings. The third-order valence-corrected chi connectivity index (χ3v) is 6.73. The fourth-order valence-electron chi connectivity index (χ4n) is 3.24. The molecule has 0 saturated heterocycles. The van der Waals surface area contributed by atoms with E-state index < -0.39 is 20.6 Å². The highest BCUT2D eigenvalue weighted by atomic mass is 32.2. The summed E-state index contributed by atoms with van der Waals surface area (Å²) in [5, 5.41) is -0.661. The van der Waals surface area contributed by atoms with Crippen LogP contribution >= 0.6 is 0 Å². The predicted octanol–water partition coefficient (Wildman–Crippen LogP) is 2.36. The zero-order valence-corrected chi connectivity index (χ0v) is 13.9. The van der Waals surface area contributed by atoms with E-state index in [1.165, 1.54) is 0 Å². The summed E-state index contributed by atoms with van der Waals surface area (Å²) in [5.41, 5.74) is 6.53. The van der Waals surface area contributed by atoms with Crippen LogP contribution in [0.15, 0.2) is 65.6 Å². The normalized spacial score (nSPS) is 26.9. The molecule has 0 radical (unpaired) electrons. The van der Waals surface area contributed by atoms with Crippen LogP contribution in [0.25, 0.3) is 0 Å². The topological polar surface area (TPSA) is 69.4 Å². The van der Waals surface area contributed by atoms with Crippen LogP contribution in [0.5, 0.6) is 0 Å². The molecule has 122 valence electrons. The van der Waals surface area contributed by atoms with Crippen molar-refractivity contribution in [3.8, 4) is 0 Å². The highest BCUT2D eigenvalue weighted by Gasteiger charge is 2.69. The Hall–Kier alpha value is -1.69. The lowest BCUT2D eigenvalue weighted by atomic mass is 10.1. The Kier molecular flexibility index (Phi) is 4.27. The number of hydrogen-bond donors (Lipinski definition) is 1. The zero-order valence-electron chi connectivity index (χ0n) is 13.1. The van der Waals surface area contributed by atoms with Gasteiger partial charge in [0.25, 0.3) is 0 Å². The summed E-state index contributed by atoms with van der Waals surface area (Å²) in [5.74, 6) is -0.250. The smallest absolute Gasteiger partial charge is 0.183 e. The van der Waals surface area contributed by atoms with Gasteiger partial charge in [0.2, 0.25) is 0 Å². The molecule has 5 heteroatoms. The van der Waals surface area contributed by atoms with E-state index in [1.54, 1.807) is 30.3 Å². The van der Waals surface area contributed by atoms with Crippen molar-refractivity contribution in [3.63, 3.8) is 0 Å². The van der Waals surface area contributed by atoms with Gasteiger partial charge in [0.05, 0.1) is 22.3 Å². The van der Waals surface area contributed by atoms with Gasteiger partial charge < -0.3 is 10.5 Å². The first-order valence-electron chi connectivity index (χ1n) is 7.72. The molecule has 3 rings (SSSR count). The Labute approximate surface area is 137 Å². The zero-order chi connectivity index (χ0) is 16.5. The molecule has 0 aliphatic heterocycles. The van der Waals surface area contributed by atoms with E-state index in [1.807, 2.05) is 37.3 Å². The quantitative estimate of drug-likeness (QED) is 0.882. The van der Waals surface area contributed by atoms with E-state index >= 15 is 0 Å². The van der Waals surface area contributed by atoms with Crippen molar-refractivity contribution in [2.45, 2.75) is 28.5 Å². The molecule has 2 N–H and O–H groups in total. The largest absolute Gasteiger partial charge is 0.380 e. The van der Waals surface area contributed by atoms with Gasteiger partial charge >= 0.3 is 0 Å². The molecule has 23 heavy (non-hydrogen) atoms. The van der Waals surface area contributed by atoms with Crippen LogP contribution in [0.4, 0.5) is 0 Å². The third-order valence-electron chi connectivity index (χ3n) is 4.42. The predicted molar refractivity (Wildman–Crippen MR) is 90.0 cm³/mol. The second-order valence-corrected chi connectivity index (χ2v) is 7.99. The van der Waals surface area contributed by atoms with Crippen molar-refractivity contribution >= 4 is 9.84 Å². The third kappa shape index (κ3) is 2.80. The average molecular weight is 331 g/mol. The SMILES string of the molecule is CCOC[C@@]1(N)[C@@H](c2ccccc2)[C@@H]1S(=O)(=O)c1ccccc1. The maximum Gasteiger partial charge on any atom is 0.183 e. The molecule has 1 aliphatic carbocycles. The molecule has 0 bridgehead atoms. The maximum absolute atomic E-state index is 13.0. The van der Waals surface area contributed by atoms with Gasteiger partial charge in [-0.15, -0.1) is 0 Å². The molecule has 0 spiro atoms. The summed E-state index contributed by atoms with van der Waals surface area (Å²) in [7, 11) is -3.51. The van der Waals surface area contributed by atoms with Crippen LogP contribution in [-0.4, -0.2) is 32.4 Å². The summed E-state index contributed by atoms with van der Waals surface area (Å²) in [6.45, 7) is 2.63. The van der Waals surface area contributed by atoms with Gasteiger partial charge in [-0.25, -0.2) is 8.42 Å². The van der Waals surface area contributed by atoms with E-state index in [-0.39, 0.29) is 12.5 Å². The fraction of sp³-hybridized carbons (Fsp3) is 0.333. The number of benzene rings is 2. The van der Waals surface area contributed by atoms with Crippen LogP contribution < -0.4 is 5.73 Å². The van der Waals surface area contributed by atoms with Crippen molar-refractivity contribution in [1.82, 2.24) is 0 Å².